The number of hydrogen-bond acceptors (Lipinski definition) is 6. The zero-order chi connectivity index (χ0) is 26.2. The monoisotopic (exact) mass is 499 g/mol. The van der Waals surface area contributed by atoms with Crippen LogP contribution in [0.25, 0.3) is 11.1 Å². The number of hydrogen-bond donors (Lipinski definition) is 4. The number of para-hydroxylation sites is 1. The first-order valence-corrected chi connectivity index (χ1v) is 11.9. The van der Waals surface area contributed by atoms with E-state index in [4.69, 9.17) is 9.47 Å². The van der Waals surface area contributed by atoms with Gasteiger partial charge in [-0.25, -0.2) is 4.79 Å². The van der Waals surface area contributed by atoms with Crippen molar-refractivity contribution in [2.75, 3.05) is 13.2 Å². The number of benzene rings is 4. The van der Waals surface area contributed by atoms with Crippen molar-refractivity contribution >= 4 is 5.97 Å². The zero-order valence-corrected chi connectivity index (χ0v) is 20.4. The first kappa shape index (κ1) is 25.8. The van der Waals surface area contributed by atoms with Gasteiger partial charge in [-0.3, -0.25) is 0 Å². The van der Waals surface area contributed by atoms with Gasteiger partial charge in [0, 0.05) is 12.6 Å². The van der Waals surface area contributed by atoms with E-state index in [0.29, 0.717) is 24.7 Å². The second kappa shape index (κ2) is 12.1. The fourth-order valence-corrected chi connectivity index (χ4v) is 3.85. The third kappa shape index (κ3) is 6.88. The van der Waals surface area contributed by atoms with E-state index in [-0.39, 0.29) is 23.1 Å². The summed E-state index contributed by atoms with van der Waals surface area (Å²) in [7, 11) is 0. The Morgan fingerprint density at radius 3 is 2.22 bits per heavy atom. The van der Waals surface area contributed by atoms with Gasteiger partial charge in [-0.05, 0) is 72.1 Å². The maximum atomic E-state index is 11.7. The highest BCUT2D eigenvalue weighted by Crippen LogP contribution is 2.32. The molecule has 7 nitrogen and oxygen atoms in total. The summed E-state index contributed by atoms with van der Waals surface area (Å²) in [6, 6.07) is 27.9. The SMILES string of the molecule is C[C@@H](NCCOc1ccc(-c2ccc(C(=O)O)c(Oc3ccccc3)c2)cc1)[C@H](O)c1ccc(O)cc1. The second-order valence-corrected chi connectivity index (χ2v) is 8.58. The van der Waals surface area contributed by atoms with E-state index in [1.54, 1.807) is 54.6 Å². The molecule has 0 aliphatic carbocycles. The smallest absolute Gasteiger partial charge is 0.339 e. The maximum absolute atomic E-state index is 11.7. The Bertz CT molecular complexity index is 1310. The van der Waals surface area contributed by atoms with E-state index in [2.05, 4.69) is 5.32 Å². The van der Waals surface area contributed by atoms with Crippen LogP contribution in [0.2, 0.25) is 0 Å². The number of rotatable bonds is 11. The van der Waals surface area contributed by atoms with Gasteiger partial charge >= 0.3 is 5.97 Å². The van der Waals surface area contributed by atoms with E-state index in [9.17, 15) is 20.1 Å². The molecule has 37 heavy (non-hydrogen) atoms. The highest BCUT2D eigenvalue weighted by Gasteiger charge is 2.16. The lowest BCUT2D eigenvalue weighted by Gasteiger charge is -2.21. The summed E-state index contributed by atoms with van der Waals surface area (Å²) in [5.74, 6) is 0.629. The molecule has 0 amide bonds. The van der Waals surface area contributed by atoms with Crippen molar-refractivity contribution in [3.05, 3.63) is 108 Å². The van der Waals surface area contributed by atoms with Crippen molar-refractivity contribution in [1.29, 1.82) is 0 Å². The van der Waals surface area contributed by atoms with Crippen molar-refractivity contribution in [1.82, 2.24) is 5.32 Å². The Kier molecular flexibility index (Phi) is 8.40. The number of nitrogens with one attached hydrogen (secondary N) is 1. The summed E-state index contributed by atoms with van der Waals surface area (Å²) < 4.78 is 11.7. The quantitative estimate of drug-likeness (QED) is 0.198. The molecule has 0 saturated heterocycles. The number of carboxylic acids is 1. The van der Waals surface area contributed by atoms with E-state index >= 15 is 0 Å². The summed E-state index contributed by atoms with van der Waals surface area (Å²) in [5.41, 5.74) is 2.53. The van der Waals surface area contributed by atoms with Gasteiger partial charge in [-0.1, -0.05) is 48.5 Å². The minimum Gasteiger partial charge on any atom is -0.508 e. The van der Waals surface area contributed by atoms with Gasteiger partial charge in [0.15, 0.2) is 0 Å². The number of ether oxygens (including phenoxy) is 2. The molecule has 2 atom stereocenters. The molecule has 0 aromatic heterocycles. The maximum Gasteiger partial charge on any atom is 0.339 e. The Hall–Kier alpha value is -4.33. The van der Waals surface area contributed by atoms with Crippen molar-refractivity contribution in [2.24, 2.45) is 0 Å². The van der Waals surface area contributed by atoms with E-state index in [0.717, 1.165) is 16.7 Å². The predicted molar refractivity (Wildman–Crippen MR) is 141 cm³/mol. The molecule has 4 N–H and O–H groups in total. The molecule has 0 unspecified atom stereocenters. The molecule has 0 aliphatic heterocycles. The zero-order valence-electron chi connectivity index (χ0n) is 20.4. The third-order valence-electron chi connectivity index (χ3n) is 5.92. The lowest BCUT2D eigenvalue weighted by molar-refractivity contribution is 0.0694. The predicted octanol–water partition coefficient (Wildman–Crippen LogP) is 5.64. The lowest BCUT2D eigenvalue weighted by atomic mass is 10.0. The summed E-state index contributed by atoms with van der Waals surface area (Å²) in [6.07, 6.45) is -0.705. The van der Waals surface area contributed by atoms with Gasteiger partial charge in [0.05, 0.1) is 6.10 Å². The normalized spacial score (nSPS) is 12.5. The van der Waals surface area contributed by atoms with Crippen LogP contribution in [0.5, 0.6) is 23.0 Å². The van der Waals surface area contributed by atoms with Crippen LogP contribution in [-0.2, 0) is 0 Å². The summed E-state index contributed by atoms with van der Waals surface area (Å²) in [4.78, 5) is 11.7. The molecule has 7 heteroatoms. The number of aromatic carboxylic acids is 1. The average Bonchev–Trinajstić information content (AvgIpc) is 2.92. The van der Waals surface area contributed by atoms with Crippen LogP contribution in [0.1, 0.15) is 28.9 Å². The fraction of sp³-hybridized carbons (Fsp3) is 0.167. The van der Waals surface area contributed by atoms with E-state index in [1.807, 2.05) is 49.4 Å². The van der Waals surface area contributed by atoms with Crippen LogP contribution >= 0.6 is 0 Å². The van der Waals surface area contributed by atoms with Gasteiger partial charge in [-0.15, -0.1) is 0 Å². The van der Waals surface area contributed by atoms with Crippen molar-refractivity contribution in [3.63, 3.8) is 0 Å². The first-order valence-electron chi connectivity index (χ1n) is 11.9. The van der Waals surface area contributed by atoms with Crippen LogP contribution in [0.3, 0.4) is 0 Å². The van der Waals surface area contributed by atoms with Crippen LogP contribution in [0.4, 0.5) is 0 Å². The average molecular weight is 500 g/mol. The molecule has 4 aromatic rings. The minimum atomic E-state index is -1.06. The van der Waals surface area contributed by atoms with Crippen molar-refractivity contribution < 1.29 is 29.6 Å². The topological polar surface area (TPSA) is 108 Å². The Morgan fingerprint density at radius 2 is 1.54 bits per heavy atom. The Labute approximate surface area is 215 Å². The number of aliphatic hydroxyl groups is 1. The van der Waals surface area contributed by atoms with Crippen LogP contribution in [-0.4, -0.2) is 40.5 Å². The molecule has 0 saturated carbocycles. The molecule has 0 heterocycles. The van der Waals surface area contributed by atoms with Gasteiger partial charge in [0.2, 0.25) is 0 Å². The second-order valence-electron chi connectivity index (χ2n) is 8.58. The number of phenols is 1. The summed E-state index contributed by atoms with van der Waals surface area (Å²) >= 11 is 0. The van der Waals surface area contributed by atoms with Crippen LogP contribution in [0, 0.1) is 0 Å². The molecule has 4 aromatic carbocycles. The Morgan fingerprint density at radius 1 is 0.865 bits per heavy atom. The lowest BCUT2D eigenvalue weighted by Crippen LogP contribution is -2.35. The number of aliphatic hydroxyl groups excluding tert-OH is 1. The number of carbonyl (C=O) groups is 1. The largest absolute Gasteiger partial charge is 0.508 e. The van der Waals surface area contributed by atoms with Crippen molar-refractivity contribution in [2.45, 2.75) is 19.1 Å². The first-order chi connectivity index (χ1) is 17.9. The molecular formula is C30H29NO6. The standard InChI is InChI=1S/C30H29NO6/c1-20(29(33)22-7-12-24(32)13-8-22)31-17-18-36-25-14-9-21(10-15-25)23-11-16-27(30(34)35)28(19-23)37-26-5-3-2-4-6-26/h2-16,19-20,29,31-33H,17-18H2,1H3,(H,34,35)/t20-,29+/m1/s1. The van der Waals surface area contributed by atoms with Crippen molar-refractivity contribution in [3.8, 4) is 34.1 Å². The molecule has 0 fully saturated rings. The Balaban J connectivity index is 1.33. The molecule has 190 valence electrons. The molecule has 0 bridgehead atoms. The van der Waals surface area contributed by atoms with Gasteiger partial charge < -0.3 is 30.1 Å². The highest BCUT2D eigenvalue weighted by atomic mass is 16.5. The summed E-state index contributed by atoms with van der Waals surface area (Å²) in [5, 5.41) is 32.7. The van der Waals surface area contributed by atoms with Gasteiger partial charge in [0.25, 0.3) is 0 Å². The number of carboxylic acid groups (broad SMARTS) is 1. The highest BCUT2D eigenvalue weighted by molar-refractivity contribution is 5.92. The summed E-state index contributed by atoms with van der Waals surface area (Å²) in [6.45, 7) is 2.83. The molecular weight excluding hydrogens is 470 g/mol. The number of phenolic OH excluding ortho intramolecular Hbond substituents is 1. The van der Waals surface area contributed by atoms with Crippen LogP contribution < -0.4 is 14.8 Å². The molecule has 0 aliphatic rings. The molecule has 4 rings (SSSR count). The third-order valence-corrected chi connectivity index (χ3v) is 5.92. The molecule has 0 spiro atoms. The van der Waals surface area contributed by atoms with E-state index < -0.39 is 12.1 Å². The fourth-order valence-electron chi connectivity index (χ4n) is 3.85. The van der Waals surface area contributed by atoms with Gasteiger partial charge in [0.1, 0.15) is 35.2 Å². The molecule has 0 radical (unpaired) electrons. The minimum absolute atomic E-state index is 0.0878. The number of aromatic hydroxyl groups is 1. The van der Waals surface area contributed by atoms with Crippen LogP contribution in [0.15, 0.2) is 97.1 Å². The van der Waals surface area contributed by atoms with Gasteiger partial charge in [-0.2, -0.15) is 0 Å². The van der Waals surface area contributed by atoms with E-state index in [1.165, 1.54) is 0 Å².